The number of aryl methyl sites for hydroxylation is 2. The van der Waals surface area contributed by atoms with Gasteiger partial charge >= 0.3 is 5.69 Å². The van der Waals surface area contributed by atoms with E-state index in [1.54, 1.807) is 18.8 Å². The monoisotopic (exact) mass is 436 g/mol. The van der Waals surface area contributed by atoms with Crippen molar-refractivity contribution >= 4 is 11.2 Å². The maximum Gasteiger partial charge on any atom is 0.332 e. The molecule has 32 heavy (non-hydrogen) atoms. The second kappa shape index (κ2) is 7.81. The Morgan fingerprint density at radius 3 is 2.25 bits per heavy atom. The molecule has 0 bridgehead atoms. The highest BCUT2D eigenvalue weighted by Gasteiger charge is 2.24. The number of hydrogen-bond acceptors (Lipinski definition) is 5. The largest absolute Gasteiger partial charge is 0.497 e. The summed E-state index contributed by atoms with van der Waals surface area (Å²) in [4.78, 5) is 31.4. The van der Waals surface area contributed by atoms with Gasteiger partial charge in [-0.25, -0.2) is 9.48 Å². The van der Waals surface area contributed by atoms with Crippen LogP contribution in [0.4, 0.5) is 0 Å². The highest BCUT2D eigenvalue weighted by Crippen LogP contribution is 2.23. The standard InChI is InChI=1S/C23H28N6O3/c1-13(2)28-19-20(24-22(28)29-16(5)14(3)15(4)25-29)26(6)23(31)27(21(19)30)12-17-8-10-18(32-7)11-9-17/h8-11,13H,12H2,1-7H3. The molecule has 0 amide bonds. The Kier molecular flexibility index (Phi) is 5.28. The molecule has 0 radical (unpaired) electrons. The number of ether oxygens (including phenoxy) is 1. The molecule has 0 saturated carbocycles. The van der Waals surface area contributed by atoms with Crippen molar-refractivity contribution in [1.82, 2.24) is 28.5 Å². The Bertz CT molecular complexity index is 1430. The van der Waals surface area contributed by atoms with E-state index in [1.165, 1.54) is 9.13 Å². The van der Waals surface area contributed by atoms with Crippen LogP contribution < -0.4 is 16.0 Å². The molecule has 4 aromatic rings. The van der Waals surface area contributed by atoms with Crippen LogP contribution in [0.1, 0.15) is 42.4 Å². The lowest BCUT2D eigenvalue weighted by atomic mass is 10.2. The molecule has 9 heteroatoms. The van der Waals surface area contributed by atoms with E-state index < -0.39 is 5.69 Å². The zero-order chi connectivity index (χ0) is 23.3. The van der Waals surface area contributed by atoms with Crippen LogP contribution in [0.3, 0.4) is 0 Å². The van der Waals surface area contributed by atoms with Gasteiger partial charge in [0.2, 0.25) is 5.95 Å². The molecule has 9 nitrogen and oxygen atoms in total. The van der Waals surface area contributed by atoms with Crippen molar-refractivity contribution in [1.29, 1.82) is 0 Å². The van der Waals surface area contributed by atoms with E-state index in [9.17, 15) is 9.59 Å². The Hall–Kier alpha value is -3.62. The third-order valence-corrected chi connectivity index (χ3v) is 6.02. The maximum absolute atomic E-state index is 13.6. The predicted molar refractivity (Wildman–Crippen MR) is 123 cm³/mol. The van der Waals surface area contributed by atoms with Crippen LogP contribution >= 0.6 is 0 Å². The molecule has 0 atom stereocenters. The smallest absolute Gasteiger partial charge is 0.332 e. The van der Waals surface area contributed by atoms with Gasteiger partial charge in [0.15, 0.2) is 11.2 Å². The molecule has 0 aliphatic carbocycles. The Morgan fingerprint density at radius 1 is 1.06 bits per heavy atom. The average molecular weight is 437 g/mol. The zero-order valence-corrected chi connectivity index (χ0v) is 19.5. The quantitative estimate of drug-likeness (QED) is 0.480. The minimum Gasteiger partial charge on any atom is -0.497 e. The number of hydrogen-bond donors (Lipinski definition) is 0. The van der Waals surface area contributed by atoms with E-state index in [4.69, 9.17) is 9.72 Å². The molecular formula is C23H28N6O3. The number of rotatable bonds is 5. The molecule has 0 aliphatic heterocycles. The second-order valence-corrected chi connectivity index (χ2v) is 8.34. The van der Waals surface area contributed by atoms with Gasteiger partial charge in [0, 0.05) is 18.8 Å². The van der Waals surface area contributed by atoms with Crippen LogP contribution in [0.25, 0.3) is 17.1 Å². The first-order chi connectivity index (χ1) is 15.1. The molecule has 0 spiro atoms. The van der Waals surface area contributed by atoms with Gasteiger partial charge in [0.1, 0.15) is 5.75 Å². The predicted octanol–water partition coefficient (Wildman–Crippen LogP) is 2.65. The third-order valence-electron chi connectivity index (χ3n) is 6.02. The SMILES string of the molecule is COc1ccc(Cn2c(=O)c3c(nc(-n4nc(C)c(C)c4C)n3C(C)C)n(C)c2=O)cc1. The average Bonchev–Trinajstić information content (AvgIpc) is 3.29. The van der Waals surface area contributed by atoms with Gasteiger partial charge in [-0.2, -0.15) is 10.1 Å². The third kappa shape index (κ3) is 3.24. The molecule has 168 valence electrons. The molecule has 3 aromatic heterocycles. The van der Waals surface area contributed by atoms with E-state index in [0.717, 1.165) is 22.5 Å². The fourth-order valence-electron chi connectivity index (χ4n) is 3.94. The molecule has 1 aromatic carbocycles. The van der Waals surface area contributed by atoms with Crippen molar-refractivity contribution < 1.29 is 4.74 Å². The fraction of sp³-hybridized carbons (Fsp3) is 0.391. The van der Waals surface area contributed by atoms with Crippen molar-refractivity contribution in [2.45, 2.75) is 47.2 Å². The van der Waals surface area contributed by atoms with Crippen molar-refractivity contribution in [2.75, 3.05) is 7.11 Å². The molecule has 0 unspecified atom stereocenters. The summed E-state index contributed by atoms with van der Waals surface area (Å²) in [6, 6.07) is 7.24. The highest BCUT2D eigenvalue weighted by atomic mass is 16.5. The first-order valence-corrected chi connectivity index (χ1v) is 10.5. The molecule has 4 rings (SSSR count). The van der Waals surface area contributed by atoms with Gasteiger partial charge in [0.25, 0.3) is 5.56 Å². The number of nitrogens with zero attached hydrogens (tertiary/aromatic N) is 6. The first kappa shape index (κ1) is 21.6. The van der Waals surface area contributed by atoms with E-state index in [1.807, 2.05) is 63.5 Å². The Labute approximate surface area is 185 Å². The molecule has 3 heterocycles. The summed E-state index contributed by atoms with van der Waals surface area (Å²) in [6.45, 7) is 10.1. The number of benzene rings is 1. The van der Waals surface area contributed by atoms with Crippen molar-refractivity contribution in [2.24, 2.45) is 7.05 Å². The minimum atomic E-state index is -0.414. The normalized spacial score (nSPS) is 11.6. The number of fused-ring (bicyclic) bond motifs is 1. The molecule has 0 N–H and O–H groups in total. The van der Waals surface area contributed by atoms with E-state index in [0.29, 0.717) is 22.9 Å². The van der Waals surface area contributed by atoms with Gasteiger partial charge < -0.3 is 4.74 Å². The molecule has 0 fully saturated rings. The van der Waals surface area contributed by atoms with E-state index in [-0.39, 0.29) is 18.1 Å². The number of imidazole rings is 1. The molecular weight excluding hydrogens is 408 g/mol. The van der Waals surface area contributed by atoms with Gasteiger partial charge in [-0.15, -0.1) is 0 Å². The lowest BCUT2D eigenvalue weighted by molar-refractivity contribution is 0.414. The van der Waals surface area contributed by atoms with Gasteiger partial charge in [-0.3, -0.25) is 18.5 Å². The summed E-state index contributed by atoms with van der Waals surface area (Å²) in [7, 11) is 3.24. The Balaban J connectivity index is 1.99. The zero-order valence-electron chi connectivity index (χ0n) is 19.5. The van der Waals surface area contributed by atoms with E-state index in [2.05, 4.69) is 5.10 Å². The van der Waals surface area contributed by atoms with Crippen LogP contribution in [-0.4, -0.2) is 35.6 Å². The van der Waals surface area contributed by atoms with Crippen LogP contribution in [-0.2, 0) is 13.6 Å². The fourth-order valence-corrected chi connectivity index (χ4v) is 3.94. The van der Waals surface area contributed by atoms with E-state index >= 15 is 0 Å². The summed E-state index contributed by atoms with van der Waals surface area (Å²) >= 11 is 0. The van der Waals surface area contributed by atoms with Gasteiger partial charge in [-0.1, -0.05) is 12.1 Å². The second-order valence-electron chi connectivity index (χ2n) is 8.34. The van der Waals surface area contributed by atoms with Crippen molar-refractivity contribution in [3.8, 4) is 11.7 Å². The molecule has 0 aliphatic rings. The van der Waals surface area contributed by atoms with Crippen LogP contribution in [0.5, 0.6) is 5.75 Å². The minimum absolute atomic E-state index is 0.0705. The summed E-state index contributed by atoms with van der Waals surface area (Å²) < 4.78 is 11.5. The lowest BCUT2D eigenvalue weighted by Gasteiger charge is -2.14. The maximum atomic E-state index is 13.6. The number of aromatic nitrogens is 6. The summed E-state index contributed by atoms with van der Waals surface area (Å²) in [5, 5.41) is 4.63. The molecule has 0 saturated heterocycles. The Morgan fingerprint density at radius 2 is 1.72 bits per heavy atom. The topological polar surface area (TPSA) is 88.9 Å². The number of methoxy groups -OCH3 is 1. The summed E-state index contributed by atoms with van der Waals surface area (Å²) in [5.74, 6) is 1.24. The van der Waals surface area contributed by atoms with Crippen LogP contribution in [0.2, 0.25) is 0 Å². The summed E-state index contributed by atoms with van der Waals surface area (Å²) in [5.41, 5.74) is 3.69. The van der Waals surface area contributed by atoms with Crippen LogP contribution in [0.15, 0.2) is 33.9 Å². The summed E-state index contributed by atoms with van der Waals surface area (Å²) in [6.07, 6.45) is 0. The van der Waals surface area contributed by atoms with Gasteiger partial charge in [-0.05, 0) is 57.9 Å². The lowest BCUT2D eigenvalue weighted by Crippen LogP contribution is -2.40. The highest BCUT2D eigenvalue weighted by molar-refractivity contribution is 5.73. The van der Waals surface area contributed by atoms with Gasteiger partial charge in [0.05, 0.1) is 19.3 Å². The van der Waals surface area contributed by atoms with Crippen molar-refractivity contribution in [3.05, 3.63) is 67.6 Å². The van der Waals surface area contributed by atoms with Crippen LogP contribution in [0, 0.1) is 20.8 Å². The van der Waals surface area contributed by atoms with Crippen molar-refractivity contribution in [3.63, 3.8) is 0 Å². The first-order valence-electron chi connectivity index (χ1n) is 10.5.